The number of anilines is 1. The van der Waals surface area contributed by atoms with E-state index in [9.17, 15) is 4.79 Å². The summed E-state index contributed by atoms with van der Waals surface area (Å²) in [7, 11) is 1.00. The molecule has 0 bridgehead atoms. The van der Waals surface area contributed by atoms with Crippen molar-refractivity contribution in [1.82, 2.24) is 4.90 Å². The van der Waals surface area contributed by atoms with Crippen molar-refractivity contribution in [1.29, 1.82) is 0 Å². The van der Waals surface area contributed by atoms with Gasteiger partial charge in [-0.25, -0.2) is 4.79 Å². The summed E-state index contributed by atoms with van der Waals surface area (Å²) >= 11 is 9.91. The topological polar surface area (TPSA) is 53.0 Å². The third kappa shape index (κ3) is 5.30. The van der Waals surface area contributed by atoms with E-state index in [2.05, 4.69) is 33.8 Å². The number of hydrogen-bond acceptors (Lipinski definition) is 4. The quantitative estimate of drug-likeness (QED) is 0.649. The average Bonchev–Trinajstić information content (AvgIpc) is 2.96. The second kappa shape index (κ2) is 9.01. The van der Waals surface area contributed by atoms with Gasteiger partial charge in [0, 0.05) is 41.8 Å². The van der Waals surface area contributed by atoms with Crippen LogP contribution >= 0.6 is 27.5 Å². The van der Waals surface area contributed by atoms with Crippen LogP contribution in [0.2, 0.25) is 5.02 Å². The fraction of sp³-hybridized carbons (Fsp3) is 0.650. The number of aryl methyl sites for hydroxylation is 1. The third-order valence-corrected chi connectivity index (χ3v) is 5.68. The first-order valence-corrected chi connectivity index (χ1v) is 10.5. The van der Waals surface area contributed by atoms with Gasteiger partial charge in [0.2, 0.25) is 0 Å². The molecule has 1 fully saturated rings. The maximum atomic E-state index is 12.5. The highest BCUT2D eigenvalue weighted by Crippen LogP contribution is 2.40. The molecule has 2 atom stereocenters. The number of rotatable bonds is 1. The standard InChI is InChI=1S/C19H26BrClN2O2.CH4O/c1-12-8-15(11-23(12)18(24)25-19(2,3)4)22-7-5-6-13-9-14(21)10-16(20)17(13)22;1-2/h9-10,12,15H,5-8,11H2,1-4H3;2H,1H3. The minimum Gasteiger partial charge on any atom is -0.444 e. The molecule has 0 radical (unpaired) electrons. The summed E-state index contributed by atoms with van der Waals surface area (Å²) in [6, 6.07) is 4.51. The first-order valence-electron chi connectivity index (χ1n) is 9.34. The molecule has 0 aliphatic carbocycles. The molecule has 0 spiro atoms. The number of nitrogens with zero attached hydrogens (tertiary/aromatic N) is 2. The summed E-state index contributed by atoms with van der Waals surface area (Å²) in [6.45, 7) is 9.53. The predicted molar refractivity (Wildman–Crippen MR) is 114 cm³/mol. The van der Waals surface area contributed by atoms with Crippen molar-refractivity contribution in [3.63, 3.8) is 0 Å². The number of halogens is 2. The van der Waals surface area contributed by atoms with Crippen LogP contribution in [0.5, 0.6) is 0 Å². The van der Waals surface area contributed by atoms with Crippen molar-refractivity contribution in [3.05, 3.63) is 27.2 Å². The molecule has 2 aliphatic rings. The lowest BCUT2D eigenvalue weighted by Crippen LogP contribution is -2.43. The van der Waals surface area contributed by atoms with Crippen LogP contribution in [0.15, 0.2) is 16.6 Å². The number of carbonyl (C=O) groups is 1. The normalized spacial score (nSPS) is 22.1. The van der Waals surface area contributed by atoms with Gasteiger partial charge in [0.1, 0.15) is 5.60 Å². The first-order chi connectivity index (χ1) is 12.7. The van der Waals surface area contributed by atoms with Crippen LogP contribution in [0, 0.1) is 0 Å². The highest BCUT2D eigenvalue weighted by molar-refractivity contribution is 9.10. The number of fused-ring (bicyclic) bond motifs is 1. The zero-order valence-corrected chi connectivity index (χ0v) is 19.1. The summed E-state index contributed by atoms with van der Waals surface area (Å²) in [5.41, 5.74) is 2.06. The van der Waals surface area contributed by atoms with E-state index in [0.717, 1.165) is 42.4 Å². The molecular formula is C20H30BrClN2O3. The Morgan fingerprint density at radius 1 is 1.33 bits per heavy atom. The SMILES string of the molecule is CC1CC(N2CCCc3cc(Cl)cc(Br)c32)CN1C(=O)OC(C)(C)C.CO. The van der Waals surface area contributed by atoms with Gasteiger partial charge in [-0.3, -0.25) is 0 Å². The summed E-state index contributed by atoms with van der Waals surface area (Å²) < 4.78 is 6.62. The highest BCUT2D eigenvalue weighted by atomic mass is 79.9. The monoisotopic (exact) mass is 460 g/mol. The van der Waals surface area contributed by atoms with E-state index in [0.29, 0.717) is 12.6 Å². The number of aliphatic hydroxyl groups excluding tert-OH is 1. The number of hydrogen-bond donors (Lipinski definition) is 1. The van der Waals surface area contributed by atoms with E-state index < -0.39 is 5.60 Å². The molecule has 7 heteroatoms. The van der Waals surface area contributed by atoms with Crippen LogP contribution < -0.4 is 4.90 Å². The second-order valence-corrected chi connectivity index (χ2v) is 9.35. The summed E-state index contributed by atoms with van der Waals surface area (Å²) in [5, 5.41) is 7.77. The van der Waals surface area contributed by atoms with Gasteiger partial charge in [0.15, 0.2) is 0 Å². The van der Waals surface area contributed by atoms with Crippen LogP contribution in [0.25, 0.3) is 0 Å². The number of ether oxygens (including phenoxy) is 1. The molecule has 152 valence electrons. The van der Waals surface area contributed by atoms with Crippen molar-refractivity contribution in [2.24, 2.45) is 0 Å². The van der Waals surface area contributed by atoms with Gasteiger partial charge in [-0.05, 0) is 80.6 Å². The molecule has 1 aromatic rings. The minimum atomic E-state index is -0.466. The van der Waals surface area contributed by atoms with E-state index in [1.54, 1.807) is 0 Å². The van der Waals surface area contributed by atoms with Gasteiger partial charge in [-0.2, -0.15) is 0 Å². The molecule has 27 heavy (non-hydrogen) atoms. The molecule has 0 saturated carbocycles. The Morgan fingerprint density at radius 3 is 2.63 bits per heavy atom. The van der Waals surface area contributed by atoms with Crippen LogP contribution in [-0.4, -0.2) is 54.0 Å². The van der Waals surface area contributed by atoms with Crippen LogP contribution in [-0.2, 0) is 11.2 Å². The Kier molecular flexibility index (Phi) is 7.45. The number of carbonyl (C=O) groups excluding carboxylic acids is 1. The van der Waals surface area contributed by atoms with E-state index in [1.165, 1.54) is 11.3 Å². The van der Waals surface area contributed by atoms with Gasteiger partial charge < -0.3 is 19.6 Å². The van der Waals surface area contributed by atoms with Crippen LogP contribution in [0.1, 0.15) is 46.1 Å². The van der Waals surface area contributed by atoms with E-state index >= 15 is 0 Å². The fourth-order valence-corrected chi connectivity index (χ4v) is 4.95. The van der Waals surface area contributed by atoms with Crippen molar-refractivity contribution < 1.29 is 14.6 Å². The van der Waals surface area contributed by atoms with Gasteiger partial charge in [-0.1, -0.05) is 11.6 Å². The van der Waals surface area contributed by atoms with Crippen molar-refractivity contribution >= 4 is 39.3 Å². The van der Waals surface area contributed by atoms with Crippen LogP contribution in [0.4, 0.5) is 10.5 Å². The Balaban J connectivity index is 0.00000126. The van der Waals surface area contributed by atoms with Gasteiger partial charge in [0.25, 0.3) is 0 Å². The lowest BCUT2D eigenvalue weighted by Gasteiger charge is -2.37. The zero-order valence-electron chi connectivity index (χ0n) is 16.8. The van der Waals surface area contributed by atoms with Crippen molar-refractivity contribution in [3.8, 4) is 0 Å². The second-order valence-electron chi connectivity index (χ2n) is 8.06. The maximum Gasteiger partial charge on any atom is 0.410 e. The molecule has 5 nitrogen and oxygen atoms in total. The zero-order chi connectivity index (χ0) is 20.4. The molecule has 1 aromatic carbocycles. The van der Waals surface area contributed by atoms with Gasteiger partial charge >= 0.3 is 6.09 Å². The molecule has 1 N–H and O–H groups in total. The summed E-state index contributed by atoms with van der Waals surface area (Å²) in [5.74, 6) is 0. The average molecular weight is 462 g/mol. The lowest BCUT2D eigenvalue weighted by molar-refractivity contribution is 0.0237. The Labute approximate surface area is 175 Å². The van der Waals surface area contributed by atoms with E-state index in [4.69, 9.17) is 21.4 Å². The Morgan fingerprint density at radius 2 is 2.00 bits per heavy atom. The Bertz CT molecular complexity index is 678. The molecule has 2 heterocycles. The van der Waals surface area contributed by atoms with Gasteiger partial charge in [0.05, 0.1) is 5.69 Å². The lowest BCUT2D eigenvalue weighted by atomic mass is 9.99. The number of benzene rings is 1. The smallest absolute Gasteiger partial charge is 0.410 e. The molecule has 0 aromatic heterocycles. The largest absolute Gasteiger partial charge is 0.444 e. The molecule has 2 unspecified atom stereocenters. The van der Waals surface area contributed by atoms with E-state index in [1.807, 2.05) is 31.7 Å². The molecule has 1 saturated heterocycles. The summed E-state index contributed by atoms with van der Waals surface area (Å²) in [4.78, 5) is 16.8. The fourth-order valence-electron chi connectivity index (χ4n) is 3.85. The van der Waals surface area contributed by atoms with Gasteiger partial charge in [-0.15, -0.1) is 0 Å². The van der Waals surface area contributed by atoms with Crippen LogP contribution in [0.3, 0.4) is 0 Å². The molecule has 3 rings (SSSR count). The van der Waals surface area contributed by atoms with E-state index in [-0.39, 0.29) is 12.1 Å². The highest BCUT2D eigenvalue weighted by Gasteiger charge is 2.39. The number of likely N-dealkylation sites (tertiary alicyclic amines) is 1. The predicted octanol–water partition coefficient (Wildman–Crippen LogP) is 4.86. The molecular weight excluding hydrogens is 432 g/mol. The summed E-state index contributed by atoms with van der Waals surface area (Å²) in [6.07, 6.45) is 2.89. The minimum absolute atomic E-state index is 0.177. The molecule has 1 amide bonds. The first kappa shape index (κ1) is 22.3. The Hall–Kier alpha value is -0.980. The maximum absolute atomic E-state index is 12.5. The number of amides is 1. The van der Waals surface area contributed by atoms with Crippen molar-refractivity contribution in [2.45, 2.75) is 64.6 Å². The number of aliphatic hydroxyl groups is 1. The molecule has 2 aliphatic heterocycles. The third-order valence-electron chi connectivity index (χ3n) is 4.86. The van der Waals surface area contributed by atoms with Crippen molar-refractivity contribution in [2.75, 3.05) is 25.1 Å².